The fraction of sp³-hybridized carbons (Fsp3) is 0.286. The summed E-state index contributed by atoms with van der Waals surface area (Å²) in [5, 5.41) is 0.471. The van der Waals surface area contributed by atoms with Gasteiger partial charge in [-0.15, -0.1) is 0 Å². The molecule has 0 heterocycles. The molecule has 1 fully saturated rings. The summed E-state index contributed by atoms with van der Waals surface area (Å²) in [5.41, 5.74) is 1.51. The normalized spacial score (nSPS) is 14.5. The Morgan fingerprint density at radius 2 is 1.69 bits per heavy atom. The van der Waals surface area contributed by atoms with Gasteiger partial charge < -0.3 is 23.1 Å². The molecule has 3 aromatic rings. The van der Waals surface area contributed by atoms with Crippen molar-refractivity contribution in [3.63, 3.8) is 0 Å². The van der Waals surface area contributed by atoms with Crippen LogP contribution < -0.4 is 18.4 Å². The van der Waals surface area contributed by atoms with Gasteiger partial charge in [-0.2, -0.15) is 17.2 Å². The number of esters is 1. The Bertz CT molecular complexity index is 1770. The van der Waals surface area contributed by atoms with Crippen molar-refractivity contribution in [1.29, 1.82) is 0 Å². The summed E-state index contributed by atoms with van der Waals surface area (Å²) < 4.78 is 78.0. The summed E-state index contributed by atoms with van der Waals surface area (Å²) in [5.74, 6) is -0.851. The Morgan fingerprint density at radius 3 is 2.31 bits per heavy atom. The van der Waals surface area contributed by atoms with Crippen molar-refractivity contribution in [1.82, 2.24) is 0 Å². The van der Waals surface area contributed by atoms with Crippen molar-refractivity contribution in [2.24, 2.45) is 5.92 Å². The molecule has 0 bridgehead atoms. The molecule has 1 aliphatic rings. The first kappa shape index (κ1) is 36.8. The third-order valence-corrected chi connectivity index (χ3v) is 8.34. The lowest BCUT2D eigenvalue weighted by atomic mass is 9.99. The summed E-state index contributed by atoms with van der Waals surface area (Å²) in [6.45, 7) is 2.71. The molecule has 1 aliphatic carbocycles. The second kappa shape index (κ2) is 16.9. The molecule has 13 heteroatoms. The van der Waals surface area contributed by atoms with Crippen LogP contribution in [0.5, 0.6) is 23.0 Å². The standard InChI is InChI=1S/C35H34Cl2F2O8S/c1-4-27(36)26(28(37)5-2)19-31(24-13-16-30(46-35(38)39)32(17-24)44-21-23-11-12-23)45-34(40)25-14-15-29(33(18-25)47-48(3,41)42)43-20-22-9-7-6-8-10-22/h4-10,13-18,23,31,35H,1,11-12,19-21H2,2-3H3/b27-26+,28-5+/t31-/m0/s1. The number of allylic oxidation sites excluding steroid dienone is 4. The van der Waals surface area contributed by atoms with Gasteiger partial charge in [0.15, 0.2) is 23.0 Å². The minimum Gasteiger partial charge on any atom is -0.489 e. The lowest BCUT2D eigenvalue weighted by molar-refractivity contribution is -0.0515. The summed E-state index contributed by atoms with van der Waals surface area (Å²) >= 11 is 12.9. The molecular formula is C35H34Cl2F2O8S. The first-order valence-corrected chi connectivity index (χ1v) is 17.4. The molecule has 256 valence electrons. The Morgan fingerprint density at radius 1 is 0.979 bits per heavy atom. The van der Waals surface area contributed by atoms with E-state index in [-0.39, 0.29) is 51.7 Å². The molecule has 0 aromatic heterocycles. The molecule has 0 N–H and O–H groups in total. The molecule has 48 heavy (non-hydrogen) atoms. The van der Waals surface area contributed by atoms with Gasteiger partial charge in [0.05, 0.1) is 18.4 Å². The lowest BCUT2D eigenvalue weighted by Crippen LogP contribution is -2.15. The molecule has 4 rings (SSSR count). The molecular weight excluding hydrogens is 689 g/mol. The molecule has 0 amide bonds. The van der Waals surface area contributed by atoms with Crippen molar-refractivity contribution in [3.05, 3.63) is 118 Å². The quantitative estimate of drug-likeness (QED) is 0.0773. The van der Waals surface area contributed by atoms with Crippen LogP contribution in [0.1, 0.15) is 53.8 Å². The number of rotatable bonds is 17. The molecule has 0 aliphatic heterocycles. The van der Waals surface area contributed by atoms with Crippen molar-refractivity contribution in [2.75, 3.05) is 12.9 Å². The van der Waals surface area contributed by atoms with Crippen LogP contribution in [0.4, 0.5) is 8.78 Å². The molecule has 3 aromatic carbocycles. The zero-order chi connectivity index (χ0) is 34.8. The molecule has 8 nitrogen and oxygen atoms in total. The van der Waals surface area contributed by atoms with Crippen LogP contribution in [-0.4, -0.2) is 33.9 Å². The lowest BCUT2D eigenvalue weighted by Gasteiger charge is -2.22. The molecule has 0 radical (unpaired) electrons. The maximum Gasteiger partial charge on any atom is 0.387 e. The van der Waals surface area contributed by atoms with Crippen LogP contribution in [0.3, 0.4) is 0 Å². The van der Waals surface area contributed by atoms with E-state index in [9.17, 15) is 22.0 Å². The van der Waals surface area contributed by atoms with E-state index in [4.69, 9.17) is 41.6 Å². The zero-order valence-electron chi connectivity index (χ0n) is 26.2. The van der Waals surface area contributed by atoms with E-state index < -0.39 is 28.8 Å². The van der Waals surface area contributed by atoms with Crippen LogP contribution in [0.25, 0.3) is 0 Å². The Labute approximate surface area is 288 Å². The van der Waals surface area contributed by atoms with E-state index in [2.05, 4.69) is 11.3 Å². The van der Waals surface area contributed by atoms with E-state index in [0.717, 1.165) is 24.7 Å². The highest BCUT2D eigenvalue weighted by molar-refractivity contribution is 7.86. The van der Waals surface area contributed by atoms with Gasteiger partial charge in [0.2, 0.25) is 0 Å². The molecule has 1 atom stereocenters. The summed E-state index contributed by atoms with van der Waals surface area (Å²) in [6, 6.07) is 17.4. The predicted octanol–water partition coefficient (Wildman–Crippen LogP) is 9.10. The highest BCUT2D eigenvalue weighted by atomic mass is 35.5. The zero-order valence-corrected chi connectivity index (χ0v) is 28.5. The summed E-state index contributed by atoms with van der Waals surface area (Å²) in [4.78, 5) is 13.7. The average molecular weight is 724 g/mol. The van der Waals surface area contributed by atoms with Gasteiger partial charge in [0, 0.05) is 22.6 Å². The second-order valence-electron chi connectivity index (χ2n) is 10.8. The minimum atomic E-state index is -4.02. The van der Waals surface area contributed by atoms with E-state index in [0.29, 0.717) is 23.7 Å². The van der Waals surface area contributed by atoms with Gasteiger partial charge in [0.1, 0.15) is 12.7 Å². The minimum absolute atomic E-state index is 0.0435. The monoisotopic (exact) mass is 722 g/mol. The highest BCUT2D eigenvalue weighted by Crippen LogP contribution is 2.40. The number of alkyl halides is 2. The topological polar surface area (TPSA) is 97.4 Å². The molecule has 0 spiro atoms. The maximum atomic E-state index is 13.7. The van der Waals surface area contributed by atoms with Crippen LogP contribution in [0, 0.1) is 5.92 Å². The van der Waals surface area contributed by atoms with E-state index in [1.54, 1.807) is 13.0 Å². The smallest absolute Gasteiger partial charge is 0.387 e. The Balaban J connectivity index is 1.70. The van der Waals surface area contributed by atoms with Gasteiger partial charge in [-0.05, 0) is 66.6 Å². The van der Waals surface area contributed by atoms with Crippen molar-refractivity contribution < 1.29 is 45.1 Å². The maximum absolute atomic E-state index is 13.7. The van der Waals surface area contributed by atoms with Gasteiger partial charge in [-0.1, -0.05) is 78.3 Å². The third-order valence-electron chi connectivity index (χ3n) is 7.03. The molecule has 0 unspecified atom stereocenters. The Hall–Kier alpha value is -4.06. The second-order valence-corrected chi connectivity index (χ2v) is 13.2. The number of benzene rings is 3. The largest absolute Gasteiger partial charge is 0.489 e. The van der Waals surface area contributed by atoms with Gasteiger partial charge in [-0.3, -0.25) is 0 Å². The predicted molar refractivity (Wildman–Crippen MR) is 179 cm³/mol. The van der Waals surface area contributed by atoms with Gasteiger partial charge >= 0.3 is 22.7 Å². The number of halogens is 4. The molecule has 1 saturated carbocycles. The highest BCUT2D eigenvalue weighted by Gasteiger charge is 2.27. The number of carbonyl (C=O) groups is 1. The number of hydrogen-bond donors (Lipinski definition) is 0. The fourth-order valence-corrected chi connectivity index (χ4v) is 5.32. The van der Waals surface area contributed by atoms with Gasteiger partial charge in [0.25, 0.3) is 0 Å². The SMILES string of the molecule is C=C/C(Cl)=C(C[C@H](OC(=O)c1ccc(OCc2ccccc2)c(OS(C)(=O)=O)c1)c1ccc(OC(F)F)c(OCC2CC2)c1)\C(Cl)=C/C. The molecule has 0 saturated heterocycles. The van der Waals surface area contributed by atoms with Crippen molar-refractivity contribution in [3.8, 4) is 23.0 Å². The van der Waals surface area contributed by atoms with Crippen molar-refractivity contribution in [2.45, 2.75) is 45.5 Å². The van der Waals surface area contributed by atoms with Gasteiger partial charge in [-0.25, -0.2) is 4.79 Å². The van der Waals surface area contributed by atoms with E-state index in [1.165, 1.54) is 42.5 Å². The Kier molecular flexibility index (Phi) is 12.9. The fourth-order valence-electron chi connectivity index (χ4n) is 4.46. The van der Waals surface area contributed by atoms with Crippen molar-refractivity contribution >= 4 is 39.3 Å². The van der Waals surface area contributed by atoms with Crippen LogP contribution in [0.2, 0.25) is 0 Å². The van der Waals surface area contributed by atoms with Crippen LogP contribution >= 0.6 is 23.2 Å². The average Bonchev–Trinajstić information content (AvgIpc) is 3.89. The summed E-state index contributed by atoms with van der Waals surface area (Å²) in [7, 11) is -4.02. The number of hydrogen-bond acceptors (Lipinski definition) is 8. The van der Waals surface area contributed by atoms with Crippen LogP contribution in [0.15, 0.2) is 101 Å². The first-order valence-electron chi connectivity index (χ1n) is 14.8. The number of ether oxygens (including phenoxy) is 4. The third kappa shape index (κ3) is 11.0. The van der Waals surface area contributed by atoms with Crippen LogP contribution in [-0.2, 0) is 21.5 Å². The summed E-state index contributed by atoms with van der Waals surface area (Å²) in [6.07, 6.45) is 4.63. The van der Waals surface area contributed by atoms with E-state index >= 15 is 0 Å². The number of carbonyl (C=O) groups excluding carboxylic acids is 1. The first-order chi connectivity index (χ1) is 22.9. The van der Waals surface area contributed by atoms with E-state index in [1.807, 2.05) is 30.3 Å².